The van der Waals surface area contributed by atoms with Crippen molar-refractivity contribution in [3.63, 3.8) is 0 Å². The Morgan fingerprint density at radius 3 is 2.26 bits per heavy atom. The molecule has 0 unspecified atom stereocenters. The molecule has 2 aromatic rings. The van der Waals surface area contributed by atoms with Gasteiger partial charge in [0.25, 0.3) is 5.91 Å². The summed E-state index contributed by atoms with van der Waals surface area (Å²) in [5.74, 6) is -0.265. The van der Waals surface area contributed by atoms with Gasteiger partial charge in [-0.1, -0.05) is 56.9 Å². The number of benzene rings is 2. The zero-order valence-corrected chi connectivity index (χ0v) is 16.0. The van der Waals surface area contributed by atoms with Gasteiger partial charge in [-0.25, -0.2) is 0 Å². The summed E-state index contributed by atoms with van der Waals surface area (Å²) in [4.78, 5) is 24.2. The first-order valence-corrected chi connectivity index (χ1v) is 9.66. The highest BCUT2D eigenvalue weighted by molar-refractivity contribution is 6.04. The highest BCUT2D eigenvalue weighted by Gasteiger charge is 2.07. The number of carbonyl (C=O) groups is 2. The molecule has 0 aliphatic heterocycles. The number of hydrogen-bond acceptors (Lipinski definition) is 3. The maximum Gasteiger partial charge on any atom is 0.255 e. The Hall–Kier alpha value is -2.66. The third-order valence-corrected chi connectivity index (χ3v) is 4.18. The fraction of sp³-hybridized carbons (Fsp3) is 0.364. The molecule has 2 aromatic carbocycles. The molecule has 27 heavy (non-hydrogen) atoms. The maximum atomic E-state index is 12.2. The Kier molecular flexibility index (Phi) is 9.07. The molecule has 0 fully saturated rings. The van der Waals surface area contributed by atoms with Gasteiger partial charge in [-0.05, 0) is 43.3 Å². The Labute approximate surface area is 161 Å². The Bertz CT molecular complexity index is 717. The lowest BCUT2D eigenvalue weighted by atomic mass is 10.1. The smallest absolute Gasteiger partial charge is 0.255 e. The zero-order chi connectivity index (χ0) is 19.3. The van der Waals surface area contributed by atoms with Crippen molar-refractivity contribution in [3.05, 3.63) is 60.2 Å². The Morgan fingerprint density at radius 1 is 0.815 bits per heavy atom. The van der Waals surface area contributed by atoms with Gasteiger partial charge >= 0.3 is 0 Å². The lowest BCUT2D eigenvalue weighted by molar-refractivity contribution is -0.115. The number of rotatable bonds is 11. The fourth-order valence-corrected chi connectivity index (χ4v) is 2.73. The van der Waals surface area contributed by atoms with Crippen LogP contribution in [-0.4, -0.2) is 24.9 Å². The molecule has 0 aromatic heterocycles. The summed E-state index contributed by atoms with van der Waals surface area (Å²) in [7, 11) is 0. The topological polar surface area (TPSA) is 70.2 Å². The van der Waals surface area contributed by atoms with Crippen molar-refractivity contribution < 1.29 is 9.59 Å². The molecule has 2 amide bonds. The molecule has 5 nitrogen and oxygen atoms in total. The Balaban J connectivity index is 1.74. The average Bonchev–Trinajstić information content (AvgIpc) is 2.68. The zero-order valence-electron chi connectivity index (χ0n) is 16.0. The standard InChI is InChI=1S/C22H29N3O2/c1-2-3-4-5-9-15-23-17-21(26)24-19-13-10-14-20(16-19)25-22(27)18-11-7-6-8-12-18/h6-8,10-14,16,23H,2-5,9,15,17H2,1H3,(H,24,26)(H,25,27). The monoisotopic (exact) mass is 367 g/mol. The largest absolute Gasteiger partial charge is 0.325 e. The van der Waals surface area contributed by atoms with Crippen molar-refractivity contribution in [2.24, 2.45) is 0 Å². The SMILES string of the molecule is CCCCCCCNCC(=O)Nc1cccc(NC(=O)c2ccccc2)c1. The van der Waals surface area contributed by atoms with Gasteiger partial charge in [-0.3, -0.25) is 9.59 Å². The van der Waals surface area contributed by atoms with Gasteiger partial charge in [0, 0.05) is 16.9 Å². The van der Waals surface area contributed by atoms with Crippen molar-refractivity contribution >= 4 is 23.2 Å². The molecule has 0 aliphatic rings. The van der Waals surface area contributed by atoms with Crippen LogP contribution in [0.1, 0.15) is 49.4 Å². The molecule has 0 saturated heterocycles. The van der Waals surface area contributed by atoms with E-state index in [0.717, 1.165) is 13.0 Å². The van der Waals surface area contributed by atoms with Crippen molar-refractivity contribution in [1.82, 2.24) is 5.32 Å². The van der Waals surface area contributed by atoms with Crippen LogP contribution in [0.2, 0.25) is 0 Å². The van der Waals surface area contributed by atoms with E-state index in [-0.39, 0.29) is 18.4 Å². The summed E-state index contributed by atoms with van der Waals surface area (Å²) in [5, 5.41) is 8.87. The maximum absolute atomic E-state index is 12.2. The number of hydrogen-bond donors (Lipinski definition) is 3. The van der Waals surface area contributed by atoms with E-state index in [2.05, 4.69) is 22.9 Å². The third-order valence-electron chi connectivity index (χ3n) is 4.18. The van der Waals surface area contributed by atoms with E-state index >= 15 is 0 Å². The average molecular weight is 367 g/mol. The number of anilines is 2. The number of carbonyl (C=O) groups excluding carboxylic acids is 2. The first-order chi connectivity index (χ1) is 13.2. The van der Waals surface area contributed by atoms with Gasteiger partial charge in [0.05, 0.1) is 6.54 Å². The van der Waals surface area contributed by atoms with E-state index in [1.807, 2.05) is 18.2 Å². The lowest BCUT2D eigenvalue weighted by Gasteiger charge is -2.09. The van der Waals surface area contributed by atoms with E-state index in [0.29, 0.717) is 16.9 Å². The third kappa shape index (κ3) is 8.05. The minimum absolute atomic E-state index is 0.0879. The first kappa shape index (κ1) is 20.6. The molecular formula is C22H29N3O2. The fourth-order valence-electron chi connectivity index (χ4n) is 2.73. The molecule has 0 spiro atoms. The minimum atomic E-state index is -0.177. The number of unbranched alkanes of at least 4 members (excludes halogenated alkanes) is 4. The molecule has 144 valence electrons. The van der Waals surface area contributed by atoms with Crippen LogP contribution in [0.5, 0.6) is 0 Å². The van der Waals surface area contributed by atoms with Crippen LogP contribution in [0.4, 0.5) is 11.4 Å². The molecular weight excluding hydrogens is 338 g/mol. The summed E-state index contributed by atoms with van der Waals surface area (Å²) in [5.41, 5.74) is 1.90. The quantitative estimate of drug-likeness (QED) is 0.514. The van der Waals surface area contributed by atoms with Crippen LogP contribution in [0.25, 0.3) is 0 Å². The van der Waals surface area contributed by atoms with Gasteiger partial charge in [0.15, 0.2) is 0 Å². The van der Waals surface area contributed by atoms with Crippen LogP contribution in [-0.2, 0) is 4.79 Å². The second-order valence-corrected chi connectivity index (χ2v) is 6.54. The van der Waals surface area contributed by atoms with Gasteiger partial charge in [-0.2, -0.15) is 0 Å². The molecule has 2 rings (SSSR count). The normalized spacial score (nSPS) is 10.4. The van der Waals surface area contributed by atoms with E-state index in [9.17, 15) is 9.59 Å². The van der Waals surface area contributed by atoms with Crippen molar-refractivity contribution in [3.8, 4) is 0 Å². The van der Waals surface area contributed by atoms with Crippen molar-refractivity contribution in [2.75, 3.05) is 23.7 Å². The predicted octanol–water partition coefficient (Wildman–Crippen LogP) is 4.44. The van der Waals surface area contributed by atoms with Crippen LogP contribution < -0.4 is 16.0 Å². The van der Waals surface area contributed by atoms with Gasteiger partial charge in [0.2, 0.25) is 5.91 Å². The van der Waals surface area contributed by atoms with Gasteiger partial charge in [-0.15, -0.1) is 0 Å². The van der Waals surface area contributed by atoms with E-state index in [1.54, 1.807) is 36.4 Å². The van der Waals surface area contributed by atoms with Crippen molar-refractivity contribution in [2.45, 2.75) is 39.0 Å². The van der Waals surface area contributed by atoms with Crippen LogP contribution in [0.3, 0.4) is 0 Å². The molecule has 0 atom stereocenters. The second-order valence-electron chi connectivity index (χ2n) is 6.54. The summed E-state index contributed by atoms with van der Waals surface area (Å²) >= 11 is 0. The summed E-state index contributed by atoms with van der Waals surface area (Å²) in [6, 6.07) is 16.2. The molecule has 5 heteroatoms. The molecule has 0 heterocycles. The molecule has 0 bridgehead atoms. The van der Waals surface area contributed by atoms with E-state index < -0.39 is 0 Å². The summed E-state index contributed by atoms with van der Waals surface area (Å²) < 4.78 is 0. The highest BCUT2D eigenvalue weighted by atomic mass is 16.2. The van der Waals surface area contributed by atoms with Gasteiger partial charge in [0.1, 0.15) is 0 Å². The Morgan fingerprint density at radius 2 is 1.52 bits per heavy atom. The highest BCUT2D eigenvalue weighted by Crippen LogP contribution is 2.16. The van der Waals surface area contributed by atoms with E-state index in [4.69, 9.17) is 0 Å². The molecule has 0 saturated carbocycles. The predicted molar refractivity (Wildman–Crippen MR) is 111 cm³/mol. The second kappa shape index (κ2) is 11.9. The first-order valence-electron chi connectivity index (χ1n) is 9.66. The van der Waals surface area contributed by atoms with Crippen LogP contribution in [0.15, 0.2) is 54.6 Å². The van der Waals surface area contributed by atoms with E-state index in [1.165, 1.54) is 25.7 Å². The lowest BCUT2D eigenvalue weighted by Crippen LogP contribution is -2.28. The molecule has 0 aliphatic carbocycles. The van der Waals surface area contributed by atoms with Crippen molar-refractivity contribution in [1.29, 1.82) is 0 Å². The van der Waals surface area contributed by atoms with Crippen LogP contribution >= 0.6 is 0 Å². The molecule has 3 N–H and O–H groups in total. The summed E-state index contributed by atoms with van der Waals surface area (Å²) in [6.07, 6.45) is 6.06. The van der Waals surface area contributed by atoms with Gasteiger partial charge < -0.3 is 16.0 Å². The summed E-state index contributed by atoms with van der Waals surface area (Å²) in [6.45, 7) is 3.34. The van der Waals surface area contributed by atoms with Crippen LogP contribution in [0, 0.1) is 0 Å². The minimum Gasteiger partial charge on any atom is -0.325 e. The molecule has 0 radical (unpaired) electrons. The number of nitrogens with one attached hydrogen (secondary N) is 3. The number of amides is 2.